The third-order valence-corrected chi connectivity index (χ3v) is 3.86. The highest BCUT2D eigenvalue weighted by Gasteiger charge is 2.30. The summed E-state index contributed by atoms with van der Waals surface area (Å²) < 4.78 is 44.0. The highest BCUT2D eigenvalue weighted by atomic mass is 19.4. The van der Waals surface area contributed by atoms with Crippen molar-refractivity contribution in [3.63, 3.8) is 0 Å². The normalized spacial score (nSPS) is 12.5. The number of carbonyl (C=O) groups excluding carboxylic acids is 1. The summed E-state index contributed by atoms with van der Waals surface area (Å²) in [5.41, 5.74) is 1.70. The monoisotopic (exact) mass is 365 g/mol. The molecule has 0 aromatic heterocycles. The van der Waals surface area contributed by atoms with Crippen LogP contribution in [-0.4, -0.2) is 12.0 Å². The molecular weight excluding hydrogens is 343 g/mol. The van der Waals surface area contributed by atoms with Crippen molar-refractivity contribution in [2.45, 2.75) is 46.0 Å². The number of carbonyl (C=O) groups is 1. The minimum atomic E-state index is -4.40. The zero-order chi connectivity index (χ0) is 19.3. The number of alkyl halides is 3. The Morgan fingerprint density at radius 3 is 2.35 bits per heavy atom. The van der Waals surface area contributed by atoms with Gasteiger partial charge < -0.3 is 10.1 Å². The number of ether oxygens (including phenoxy) is 1. The smallest absolute Gasteiger partial charge is 0.416 e. The fourth-order valence-corrected chi connectivity index (χ4v) is 2.65. The molecule has 0 bridgehead atoms. The maximum atomic E-state index is 12.7. The van der Waals surface area contributed by atoms with Crippen molar-refractivity contribution in [2.75, 3.05) is 0 Å². The molecule has 1 amide bonds. The van der Waals surface area contributed by atoms with Crippen LogP contribution in [0, 0.1) is 13.8 Å². The van der Waals surface area contributed by atoms with Crippen molar-refractivity contribution in [3.05, 3.63) is 64.7 Å². The van der Waals surface area contributed by atoms with Gasteiger partial charge >= 0.3 is 6.18 Å². The molecule has 0 heterocycles. The van der Waals surface area contributed by atoms with Crippen molar-refractivity contribution < 1.29 is 22.7 Å². The summed E-state index contributed by atoms with van der Waals surface area (Å²) >= 11 is 0. The fourth-order valence-electron chi connectivity index (χ4n) is 2.65. The Bertz CT molecular complexity index is 752. The van der Waals surface area contributed by atoms with E-state index in [1.807, 2.05) is 39.0 Å². The molecule has 0 saturated heterocycles. The molecule has 2 rings (SSSR count). The second kappa shape index (κ2) is 8.25. The van der Waals surface area contributed by atoms with Gasteiger partial charge in [0.05, 0.1) is 5.56 Å². The molecule has 3 nitrogen and oxygen atoms in total. The summed E-state index contributed by atoms with van der Waals surface area (Å²) in [6, 6.07) is 10.6. The first kappa shape index (κ1) is 19.8. The van der Waals surface area contributed by atoms with Gasteiger partial charge in [0.1, 0.15) is 5.75 Å². The summed E-state index contributed by atoms with van der Waals surface area (Å²) in [6.07, 6.45) is -4.67. The van der Waals surface area contributed by atoms with Crippen molar-refractivity contribution in [2.24, 2.45) is 0 Å². The van der Waals surface area contributed by atoms with E-state index in [0.717, 1.165) is 23.3 Å². The van der Waals surface area contributed by atoms with Gasteiger partial charge in [0.25, 0.3) is 5.91 Å². The van der Waals surface area contributed by atoms with Crippen LogP contribution < -0.4 is 10.1 Å². The SMILES string of the molecule is CC[C@H](Oc1cc(C)cc(C)c1)C(=O)NCc1cccc(C(F)(F)F)c1. The van der Waals surface area contributed by atoms with Crippen molar-refractivity contribution in [1.29, 1.82) is 0 Å². The van der Waals surface area contributed by atoms with Gasteiger partial charge in [-0.1, -0.05) is 25.1 Å². The maximum absolute atomic E-state index is 12.7. The second-order valence-electron chi connectivity index (χ2n) is 6.25. The lowest BCUT2D eigenvalue weighted by Gasteiger charge is -2.18. The molecule has 140 valence electrons. The zero-order valence-corrected chi connectivity index (χ0v) is 15.0. The minimum Gasteiger partial charge on any atom is -0.481 e. The summed E-state index contributed by atoms with van der Waals surface area (Å²) in [6.45, 7) is 5.70. The van der Waals surface area contributed by atoms with Crippen LogP contribution in [0.2, 0.25) is 0 Å². The van der Waals surface area contributed by atoms with Crippen molar-refractivity contribution in [1.82, 2.24) is 5.32 Å². The summed E-state index contributed by atoms with van der Waals surface area (Å²) in [4.78, 5) is 12.3. The lowest BCUT2D eigenvalue weighted by atomic mass is 10.1. The molecule has 1 N–H and O–H groups in total. The second-order valence-corrected chi connectivity index (χ2v) is 6.25. The van der Waals surface area contributed by atoms with Crippen LogP contribution in [0.3, 0.4) is 0 Å². The van der Waals surface area contributed by atoms with Gasteiger partial charge in [0.2, 0.25) is 0 Å². The van der Waals surface area contributed by atoms with Crippen LogP contribution in [0.25, 0.3) is 0 Å². The number of hydrogen-bond acceptors (Lipinski definition) is 2. The summed E-state index contributed by atoms with van der Waals surface area (Å²) in [5, 5.41) is 2.65. The first-order chi connectivity index (χ1) is 12.2. The third kappa shape index (κ3) is 5.51. The molecule has 0 saturated carbocycles. The molecule has 2 aromatic carbocycles. The number of nitrogens with one attached hydrogen (secondary N) is 1. The van der Waals surface area contributed by atoms with E-state index in [4.69, 9.17) is 4.74 Å². The van der Waals surface area contributed by atoms with Crippen molar-refractivity contribution in [3.8, 4) is 5.75 Å². The molecular formula is C20H22F3NO2. The maximum Gasteiger partial charge on any atom is 0.416 e. The number of amides is 1. The molecule has 0 radical (unpaired) electrons. The Labute approximate surface area is 151 Å². The van der Waals surface area contributed by atoms with E-state index < -0.39 is 17.8 Å². The number of benzene rings is 2. The molecule has 0 fully saturated rings. The van der Waals surface area contributed by atoms with E-state index in [0.29, 0.717) is 17.7 Å². The van der Waals surface area contributed by atoms with Gasteiger partial charge in [-0.2, -0.15) is 13.2 Å². The largest absolute Gasteiger partial charge is 0.481 e. The Hall–Kier alpha value is -2.50. The lowest BCUT2D eigenvalue weighted by molar-refractivity contribution is -0.137. The summed E-state index contributed by atoms with van der Waals surface area (Å²) in [7, 11) is 0. The van der Waals surface area contributed by atoms with Crippen LogP contribution in [0.1, 0.15) is 35.6 Å². The number of hydrogen-bond donors (Lipinski definition) is 1. The van der Waals surface area contributed by atoms with Gasteiger partial charge in [-0.3, -0.25) is 4.79 Å². The van der Waals surface area contributed by atoms with Crippen LogP contribution in [0.15, 0.2) is 42.5 Å². The van der Waals surface area contributed by atoms with E-state index in [-0.39, 0.29) is 12.5 Å². The van der Waals surface area contributed by atoms with Crippen LogP contribution in [-0.2, 0) is 17.5 Å². The molecule has 0 aliphatic heterocycles. The van der Waals surface area contributed by atoms with Crippen LogP contribution in [0.4, 0.5) is 13.2 Å². The number of aryl methyl sites for hydroxylation is 2. The molecule has 2 aromatic rings. The zero-order valence-electron chi connectivity index (χ0n) is 15.0. The van der Waals surface area contributed by atoms with Crippen LogP contribution in [0.5, 0.6) is 5.75 Å². The van der Waals surface area contributed by atoms with E-state index in [9.17, 15) is 18.0 Å². The van der Waals surface area contributed by atoms with Crippen molar-refractivity contribution >= 4 is 5.91 Å². The minimum absolute atomic E-state index is 0.00938. The average Bonchev–Trinajstić information content (AvgIpc) is 2.56. The molecule has 6 heteroatoms. The molecule has 0 aliphatic rings. The van der Waals surface area contributed by atoms with E-state index in [1.54, 1.807) is 6.07 Å². The predicted molar refractivity (Wildman–Crippen MR) is 93.9 cm³/mol. The molecule has 1 atom stereocenters. The van der Waals surface area contributed by atoms with Crippen LogP contribution >= 0.6 is 0 Å². The third-order valence-electron chi connectivity index (χ3n) is 3.86. The number of halogens is 3. The van der Waals surface area contributed by atoms with Gasteiger partial charge in [-0.05, 0) is 61.2 Å². The Morgan fingerprint density at radius 1 is 1.12 bits per heavy atom. The summed E-state index contributed by atoms with van der Waals surface area (Å²) in [5.74, 6) is 0.243. The topological polar surface area (TPSA) is 38.3 Å². The van der Waals surface area contributed by atoms with E-state index >= 15 is 0 Å². The van der Waals surface area contributed by atoms with E-state index in [1.165, 1.54) is 6.07 Å². The first-order valence-electron chi connectivity index (χ1n) is 8.38. The average molecular weight is 365 g/mol. The molecule has 26 heavy (non-hydrogen) atoms. The standard InChI is InChI=1S/C20H22F3NO2/c1-4-18(26-17-9-13(2)8-14(3)10-17)19(25)24-12-15-6-5-7-16(11-15)20(21,22)23/h5-11,18H,4,12H2,1-3H3,(H,24,25)/t18-/m0/s1. The first-order valence-corrected chi connectivity index (χ1v) is 8.38. The highest BCUT2D eigenvalue weighted by Crippen LogP contribution is 2.29. The van der Waals surface area contributed by atoms with Gasteiger partial charge in [-0.15, -0.1) is 0 Å². The lowest BCUT2D eigenvalue weighted by Crippen LogP contribution is -2.37. The highest BCUT2D eigenvalue weighted by molar-refractivity contribution is 5.81. The Morgan fingerprint density at radius 2 is 1.77 bits per heavy atom. The van der Waals surface area contributed by atoms with Gasteiger partial charge in [0.15, 0.2) is 6.10 Å². The molecule has 0 unspecified atom stereocenters. The predicted octanol–water partition coefficient (Wildman–Crippen LogP) is 4.80. The Kier molecular flexibility index (Phi) is 6.29. The van der Waals surface area contributed by atoms with Gasteiger partial charge in [-0.25, -0.2) is 0 Å². The van der Waals surface area contributed by atoms with E-state index in [2.05, 4.69) is 5.32 Å². The number of rotatable bonds is 6. The fraction of sp³-hybridized carbons (Fsp3) is 0.350. The molecule has 0 aliphatic carbocycles. The molecule has 0 spiro atoms. The quantitative estimate of drug-likeness (QED) is 0.799. The Balaban J connectivity index is 2.01. The van der Waals surface area contributed by atoms with Gasteiger partial charge in [0, 0.05) is 6.54 Å².